The van der Waals surface area contributed by atoms with Crippen LogP contribution in [0.3, 0.4) is 0 Å². The van der Waals surface area contributed by atoms with Crippen LogP contribution in [0.5, 0.6) is 0 Å². The van der Waals surface area contributed by atoms with Crippen LogP contribution in [0, 0.1) is 0 Å². The predicted octanol–water partition coefficient (Wildman–Crippen LogP) is -3.34. The maximum absolute atomic E-state index is 2.28. The fraction of sp³-hybridized carbons (Fsp3) is 0.571. The molecular weight excluding hydrogens is 450 g/mol. The van der Waals surface area contributed by atoms with Crippen LogP contribution < -0.4 is 52.4 Å². The van der Waals surface area contributed by atoms with Crippen molar-refractivity contribution >= 4 is 5.69 Å². The molecule has 0 aliphatic rings. The molecule has 0 saturated heterocycles. The number of hydrogen-bond donors (Lipinski definition) is 0. The minimum Gasteiger partial charge on any atom is -1.00 e. The van der Waals surface area contributed by atoms with E-state index in [1.165, 1.54) is 11.3 Å². The molecule has 0 aromatic heterocycles. The zero-order valence-corrected chi connectivity index (χ0v) is 16.9. The first-order valence-electron chi connectivity index (χ1n) is 5.85. The van der Waals surface area contributed by atoms with Crippen LogP contribution in [-0.4, -0.2) is 46.8 Å². The molecule has 4 heteroatoms. The lowest BCUT2D eigenvalue weighted by molar-refractivity contribution is -0.900. The van der Waals surface area contributed by atoms with E-state index in [9.17, 15) is 0 Å². The van der Waals surface area contributed by atoms with Crippen LogP contribution in [0.25, 0.3) is 0 Å². The second-order valence-corrected chi connectivity index (χ2v) is 6.40. The molecule has 0 fully saturated rings. The van der Waals surface area contributed by atoms with Gasteiger partial charge in [0.1, 0.15) is 11.7 Å². The van der Waals surface area contributed by atoms with Crippen molar-refractivity contribution in [2.45, 2.75) is 13.0 Å². The lowest BCUT2D eigenvalue weighted by atomic mass is 10.1. The molecule has 0 heterocycles. The van der Waals surface area contributed by atoms with E-state index < -0.39 is 0 Å². The van der Waals surface area contributed by atoms with Gasteiger partial charge in [0.15, 0.2) is 0 Å². The van der Waals surface area contributed by atoms with Crippen molar-refractivity contribution in [1.29, 1.82) is 0 Å². The quantitative estimate of drug-likeness (QED) is 0.317. The number of halogens is 2. The number of rotatable bonds is 3. The minimum absolute atomic E-state index is 0. The van der Waals surface area contributed by atoms with Gasteiger partial charge in [-0.25, -0.2) is 0 Å². The van der Waals surface area contributed by atoms with Crippen molar-refractivity contribution in [3.63, 3.8) is 0 Å². The number of benzene rings is 1. The first kappa shape index (κ1) is 20.9. The minimum atomic E-state index is 0. The van der Waals surface area contributed by atoms with E-state index in [2.05, 4.69) is 73.5 Å². The van der Waals surface area contributed by atoms with Crippen molar-refractivity contribution in [1.82, 2.24) is 4.48 Å². The third-order valence-electron chi connectivity index (χ3n) is 3.31. The summed E-state index contributed by atoms with van der Waals surface area (Å²) in [5.74, 6) is 0. The van der Waals surface area contributed by atoms with Crippen molar-refractivity contribution in [3.8, 4) is 0 Å². The van der Waals surface area contributed by atoms with Gasteiger partial charge >= 0.3 is 0 Å². The molecule has 0 spiro atoms. The molecule has 0 N–H and O–H groups in total. The summed E-state index contributed by atoms with van der Waals surface area (Å²) in [6, 6.07) is 9.52. The van der Waals surface area contributed by atoms with Crippen LogP contribution in [-0.2, 0) is 0 Å². The first-order chi connectivity index (χ1) is 7.12. The van der Waals surface area contributed by atoms with Crippen molar-refractivity contribution in [3.05, 3.63) is 29.8 Å². The van der Waals surface area contributed by atoms with Crippen molar-refractivity contribution in [2.24, 2.45) is 0 Å². The molecule has 0 aliphatic carbocycles. The van der Waals surface area contributed by atoms with Crippen LogP contribution in [0.1, 0.15) is 18.5 Å². The average molecular weight is 476 g/mol. The topological polar surface area (TPSA) is 0 Å². The van der Waals surface area contributed by atoms with E-state index in [4.69, 9.17) is 0 Å². The second kappa shape index (κ2) is 7.40. The van der Waals surface area contributed by atoms with Gasteiger partial charge in [0.05, 0.1) is 42.3 Å². The Bertz CT molecular complexity index is 348. The first-order valence-corrected chi connectivity index (χ1v) is 5.85. The standard InChI is InChI=1S/C14H26N2.2HI/c1-12(15(2,3)4)13-8-10-14(11-9-13)16(5,6)7;;/h8-12H,1-7H3;2*1H/q+2;;/p-2. The third-order valence-corrected chi connectivity index (χ3v) is 3.31. The number of quaternary nitrogens is 2. The Hall–Kier alpha value is 0.600. The highest BCUT2D eigenvalue weighted by Crippen LogP contribution is 2.25. The van der Waals surface area contributed by atoms with E-state index >= 15 is 0 Å². The van der Waals surface area contributed by atoms with Crippen LogP contribution in [0.2, 0.25) is 0 Å². The lowest BCUT2D eigenvalue weighted by Crippen LogP contribution is -3.00. The SMILES string of the molecule is CC(c1ccc([N+](C)(C)C)cc1)[N+](C)(C)C.[I-].[I-]. The highest BCUT2D eigenvalue weighted by Gasteiger charge is 2.21. The number of nitrogens with zero attached hydrogens (tertiary/aromatic N) is 2. The van der Waals surface area contributed by atoms with Gasteiger partial charge in [-0.15, -0.1) is 0 Å². The summed E-state index contributed by atoms with van der Waals surface area (Å²) < 4.78 is 1.84. The average Bonchev–Trinajstić information content (AvgIpc) is 2.14. The molecule has 0 amide bonds. The van der Waals surface area contributed by atoms with Crippen molar-refractivity contribution < 1.29 is 52.4 Å². The van der Waals surface area contributed by atoms with E-state index in [1.807, 2.05) is 0 Å². The third kappa shape index (κ3) is 5.71. The van der Waals surface area contributed by atoms with E-state index in [-0.39, 0.29) is 48.0 Å². The monoisotopic (exact) mass is 476 g/mol. The zero-order chi connectivity index (χ0) is 12.6. The fourth-order valence-electron chi connectivity index (χ4n) is 1.65. The van der Waals surface area contributed by atoms with Crippen molar-refractivity contribution in [2.75, 3.05) is 42.3 Å². The molecule has 0 bridgehead atoms. The summed E-state index contributed by atoms with van der Waals surface area (Å²) >= 11 is 0. The summed E-state index contributed by atoms with van der Waals surface area (Å²) in [5, 5.41) is 0. The molecule has 0 saturated carbocycles. The Morgan fingerprint density at radius 3 is 1.44 bits per heavy atom. The van der Waals surface area contributed by atoms with Gasteiger partial charge in [-0.05, 0) is 31.2 Å². The maximum Gasteiger partial charge on any atom is 0.132 e. The molecule has 2 nitrogen and oxygen atoms in total. The Labute approximate surface area is 147 Å². The largest absolute Gasteiger partial charge is 1.00 e. The normalized spacial score (nSPS) is 13.3. The molecule has 1 unspecified atom stereocenters. The molecule has 1 aromatic rings. The summed E-state index contributed by atoms with van der Waals surface area (Å²) in [7, 11) is 13.3. The van der Waals surface area contributed by atoms with Gasteiger partial charge in [0.25, 0.3) is 0 Å². The Morgan fingerprint density at radius 2 is 1.17 bits per heavy atom. The highest BCUT2D eigenvalue weighted by atomic mass is 127. The molecular formula is C14H26I2N2. The van der Waals surface area contributed by atoms with Crippen LogP contribution >= 0.6 is 0 Å². The summed E-state index contributed by atoms with van der Waals surface area (Å²) in [5.41, 5.74) is 2.75. The van der Waals surface area contributed by atoms with Gasteiger partial charge < -0.3 is 52.4 Å². The molecule has 18 heavy (non-hydrogen) atoms. The molecule has 0 radical (unpaired) electrons. The lowest BCUT2D eigenvalue weighted by Gasteiger charge is -2.32. The van der Waals surface area contributed by atoms with Gasteiger partial charge in [-0.3, -0.25) is 4.48 Å². The molecule has 1 rings (SSSR count). The molecule has 1 atom stereocenters. The van der Waals surface area contributed by atoms with Crippen LogP contribution in [0.4, 0.5) is 5.69 Å². The molecule has 1 aromatic carbocycles. The summed E-state index contributed by atoms with van der Waals surface area (Å²) in [6.45, 7) is 2.28. The smallest absolute Gasteiger partial charge is 0.132 e. The number of hydrogen-bond acceptors (Lipinski definition) is 0. The van der Waals surface area contributed by atoms with E-state index in [1.54, 1.807) is 0 Å². The Morgan fingerprint density at radius 1 is 0.778 bits per heavy atom. The van der Waals surface area contributed by atoms with Gasteiger partial charge in [-0.1, -0.05) is 0 Å². The summed E-state index contributed by atoms with van der Waals surface area (Å²) in [6.07, 6.45) is 0. The van der Waals surface area contributed by atoms with E-state index in [0.29, 0.717) is 6.04 Å². The highest BCUT2D eigenvalue weighted by molar-refractivity contribution is 5.43. The van der Waals surface area contributed by atoms with E-state index in [0.717, 1.165) is 8.97 Å². The Balaban J connectivity index is 0. The molecule has 0 aliphatic heterocycles. The second-order valence-electron chi connectivity index (χ2n) is 6.40. The summed E-state index contributed by atoms with van der Waals surface area (Å²) in [4.78, 5) is 0. The zero-order valence-electron chi connectivity index (χ0n) is 12.5. The fourth-order valence-corrected chi connectivity index (χ4v) is 1.65. The van der Waals surface area contributed by atoms with Gasteiger partial charge in [0.2, 0.25) is 0 Å². The van der Waals surface area contributed by atoms with Gasteiger partial charge in [-0.2, -0.15) is 0 Å². The van der Waals surface area contributed by atoms with Gasteiger partial charge in [0, 0.05) is 5.56 Å². The predicted molar refractivity (Wildman–Crippen MR) is 72.5 cm³/mol. The van der Waals surface area contributed by atoms with Crippen LogP contribution in [0.15, 0.2) is 24.3 Å². The Kier molecular flexibility index (Phi) is 8.60. The maximum atomic E-state index is 2.28. The molecule has 106 valence electrons.